The average molecular weight is 498 g/mol. The molecule has 0 aliphatic carbocycles. The second kappa shape index (κ2) is 10.0. The zero-order valence-electron chi connectivity index (χ0n) is 19.2. The van der Waals surface area contributed by atoms with E-state index in [1.165, 1.54) is 6.20 Å². The minimum absolute atomic E-state index is 0.149. The molecule has 5 aromatic rings. The van der Waals surface area contributed by atoms with Gasteiger partial charge in [-0.25, -0.2) is 14.8 Å². The van der Waals surface area contributed by atoms with Crippen LogP contribution in [0.3, 0.4) is 0 Å². The van der Waals surface area contributed by atoms with Gasteiger partial charge in [-0.3, -0.25) is 4.79 Å². The van der Waals surface area contributed by atoms with Crippen molar-refractivity contribution in [1.29, 1.82) is 0 Å². The number of methoxy groups -OCH3 is 1. The molecule has 8 heteroatoms. The van der Waals surface area contributed by atoms with E-state index in [-0.39, 0.29) is 5.15 Å². The molecule has 0 aliphatic rings. The Kier molecular flexibility index (Phi) is 6.47. The van der Waals surface area contributed by atoms with Gasteiger partial charge in [-0.2, -0.15) is 0 Å². The zero-order chi connectivity index (χ0) is 25.1. The van der Waals surface area contributed by atoms with Gasteiger partial charge in [0.25, 0.3) is 5.91 Å². The van der Waals surface area contributed by atoms with E-state index in [4.69, 9.17) is 26.1 Å². The molecule has 5 rings (SSSR count). The number of hydrogen-bond donors (Lipinski definition) is 1. The van der Waals surface area contributed by atoms with E-state index >= 15 is 0 Å². The smallest absolute Gasteiger partial charge is 0.339 e. The van der Waals surface area contributed by atoms with Crippen LogP contribution in [-0.2, 0) is 9.53 Å². The quantitative estimate of drug-likeness (QED) is 0.232. The minimum Gasteiger partial charge on any atom is -0.497 e. The molecule has 1 amide bonds. The third kappa shape index (κ3) is 4.82. The maximum atomic E-state index is 13.1. The SMILES string of the molecule is COc1ccc2cc(-c3cc(C(=O)OCC(=O)Nc4cccnc4Cl)c4ccccc4n3)ccc2c1. The molecule has 2 aromatic heterocycles. The van der Waals surface area contributed by atoms with E-state index in [1.807, 2.05) is 54.6 Å². The number of benzene rings is 3. The van der Waals surface area contributed by atoms with Crippen LogP contribution < -0.4 is 10.1 Å². The molecule has 0 aliphatic heterocycles. The third-order valence-corrected chi connectivity index (χ3v) is 5.95. The molecular weight excluding hydrogens is 478 g/mol. The Hall–Kier alpha value is -4.49. The lowest BCUT2D eigenvalue weighted by atomic mass is 10.0. The van der Waals surface area contributed by atoms with Crippen molar-refractivity contribution >= 4 is 50.8 Å². The predicted octanol–water partition coefficient (Wildman–Crippen LogP) is 5.91. The Morgan fingerprint density at radius 2 is 1.75 bits per heavy atom. The lowest BCUT2D eigenvalue weighted by molar-refractivity contribution is -0.119. The average Bonchev–Trinajstić information content (AvgIpc) is 2.91. The first-order chi connectivity index (χ1) is 17.5. The van der Waals surface area contributed by atoms with Crippen LogP contribution in [0, 0.1) is 0 Å². The molecule has 178 valence electrons. The number of carbonyl (C=O) groups excluding carboxylic acids is 2. The molecule has 7 nitrogen and oxygen atoms in total. The fourth-order valence-electron chi connectivity index (χ4n) is 3.88. The van der Waals surface area contributed by atoms with Crippen LogP contribution in [0.1, 0.15) is 10.4 Å². The van der Waals surface area contributed by atoms with Crippen molar-refractivity contribution in [3.63, 3.8) is 0 Å². The van der Waals surface area contributed by atoms with Gasteiger partial charge in [-0.05, 0) is 53.2 Å². The Bertz CT molecular complexity index is 1620. The Labute approximate surface area is 211 Å². The molecule has 0 saturated heterocycles. The standard InChI is InChI=1S/C28H20ClN3O4/c1-35-20-11-10-17-13-19(9-8-18(17)14-20)25-15-22(21-5-2-3-6-23(21)31-25)28(34)36-16-26(33)32-24-7-4-12-30-27(24)29/h2-15H,16H2,1H3,(H,32,33). The van der Waals surface area contributed by atoms with Crippen molar-refractivity contribution in [2.24, 2.45) is 0 Å². The highest BCUT2D eigenvalue weighted by atomic mass is 35.5. The van der Waals surface area contributed by atoms with Gasteiger partial charge in [-0.1, -0.05) is 48.0 Å². The number of halogens is 1. The first-order valence-electron chi connectivity index (χ1n) is 11.1. The van der Waals surface area contributed by atoms with E-state index in [0.717, 1.165) is 22.1 Å². The number of aromatic nitrogens is 2. The number of nitrogens with one attached hydrogen (secondary N) is 1. The van der Waals surface area contributed by atoms with Crippen LogP contribution in [0.15, 0.2) is 85.1 Å². The zero-order valence-corrected chi connectivity index (χ0v) is 20.0. The van der Waals surface area contributed by atoms with Crippen LogP contribution in [0.4, 0.5) is 5.69 Å². The van der Waals surface area contributed by atoms with Gasteiger partial charge in [0, 0.05) is 17.1 Å². The summed E-state index contributed by atoms with van der Waals surface area (Å²) in [6.07, 6.45) is 1.51. The summed E-state index contributed by atoms with van der Waals surface area (Å²) in [6, 6.07) is 24.0. The monoisotopic (exact) mass is 497 g/mol. The lowest BCUT2D eigenvalue weighted by Crippen LogP contribution is -2.21. The number of pyridine rings is 2. The van der Waals surface area contributed by atoms with Crippen LogP contribution >= 0.6 is 11.6 Å². The van der Waals surface area contributed by atoms with Gasteiger partial charge in [0.1, 0.15) is 5.75 Å². The number of rotatable bonds is 6. The Morgan fingerprint density at radius 1 is 0.944 bits per heavy atom. The van der Waals surface area contributed by atoms with Gasteiger partial charge in [0.2, 0.25) is 0 Å². The predicted molar refractivity (Wildman–Crippen MR) is 139 cm³/mol. The second-order valence-electron chi connectivity index (χ2n) is 7.97. The van der Waals surface area contributed by atoms with Crippen molar-refractivity contribution in [1.82, 2.24) is 9.97 Å². The number of esters is 1. The number of ether oxygens (including phenoxy) is 2. The number of fused-ring (bicyclic) bond motifs is 2. The number of anilines is 1. The first kappa shape index (κ1) is 23.3. The van der Waals surface area contributed by atoms with E-state index < -0.39 is 18.5 Å². The first-order valence-corrected chi connectivity index (χ1v) is 11.4. The van der Waals surface area contributed by atoms with Crippen LogP contribution in [0.5, 0.6) is 5.75 Å². The fourth-order valence-corrected chi connectivity index (χ4v) is 4.04. The van der Waals surface area contributed by atoms with Crippen molar-refractivity contribution in [2.45, 2.75) is 0 Å². The number of para-hydroxylation sites is 1. The summed E-state index contributed by atoms with van der Waals surface area (Å²) >= 11 is 5.97. The van der Waals surface area contributed by atoms with Crippen molar-refractivity contribution in [2.75, 3.05) is 19.0 Å². The van der Waals surface area contributed by atoms with Gasteiger partial charge < -0.3 is 14.8 Å². The molecule has 0 unspecified atom stereocenters. The summed E-state index contributed by atoms with van der Waals surface area (Å²) in [5, 5.41) is 5.40. The molecule has 0 radical (unpaired) electrons. The summed E-state index contributed by atoms with van der Waals surface area (Å²) < 4.78 is 10.6. The third-order valence-electron chi connectivity index (χ3n) is 5.65. The van der Waals surface area contributed by atoms with Gasteiger partial charge in [0.15, 0.2) is 11.8 Å². The maximum Gasteiger partial charge on any atom is 0.339 e. The minimum atomic E-state index is -0.632. The van der Waals surface area contributed by atoms with Gasteiger partial charge in [0.05, 0.1) is 29.6 Å². The van der Waals surface area contributed by atoms with E-state index in [1.54, 1.807) is 31.4 Å². The summed E-state index contributed by atoms with van der Waals surface area (Å²) in [6.45, 7) is -0.478. The molecule has 3 aromatic carbocycles. The van der Waals surface area contributed by atoms with Crippen LogP contribution in [-0.4, -0.2) is 35.6 Å². The van der Waals surface area contributed by atoms with E-state index in [0.29, 0.717) is 27.8 Å². The van der Waals surface area contributed by atoms with Crippen LogP contribution in [0.25, 0.3) is 32.9 Å². The number of nitrogens with zero attached hydrogens (tertiary/aromatic N) is 2. The molecule has 2 heterocycles. The fraction of sp³-hybridized carbons (Fsp3) is 0.0714. The highest BCUT2D eigenvalue weighted by Gasteiger charge is 2.17. The summed E-state index contributed by atoms with van der Waals surface area (Å²) in [5.41, 5.74) is 2.76. The van der Waals surface area contributed by atoms with E-state index in [2.05, 4.69) is 10.3 Å². The molecule has 0 atom stereocenters. The molecular formula is C28H20ClN3O4. The van der Waals surface area contributed by atoms with Crippen molar-refractivity contribution < 1.29 is 19.1 Å². The van der Waals surface area contributed by atoms with Gasteiger partial charge in [-0.15, -0.1) is 0 Å². The molecule has 0 fully saturated rings. The number of carbonyl (C=O) groups is 2. The molecule has 0 saturated carbocycles. The Morgan fingerprint density at radius 3 is 2.58 bits per heavy atom. The lowest BCUT2D eigenvalue weighted by Gasteiger charge is -2.11. The van der Waals surface area contributed by atoms with Crippen molar-refractivity contribution in [3.8, 4) is 17.0 Å². The van der Waals surface area contributed by atoms with Gasteiger partial charge >= 0.3 is 5.97 Å². The molecule has 36 heavy (non-hydrogen) atoms. The van der Waals surface area contributed by atoms with Crippen molar-refractivity contribution in [3.05, 3.63) is 95.8 Å². The normalized spacial score (nSPS) is 10.8. The summed E-state index contributed by atoms with van der Waals surface area (Å²) in [4.78, 5) is 34.1. The van der Waals surface area contributed by atoms with E-state index in [9.17, 15) is 9.59 Å². The Balaban J connectivity index is 1.43. The van der Waals surface area contributed by atoms with Crippen LogP contribution in [0.2, 0.25) is 5.15 Å². The highest BCUT2D eigenvalue weighted by Crippen LogP contribution is 2.29. The summed E-state index contributed by atoms with van der Waals surface area (Å²) in [7, 11) is 1.63. The second-order valence-corrected chi connectivity index (χ2v) is 8.32. The largest absolute Gasteiger partial charge is 0.497 e. The maximum absolute atomic E-state index is 13.1. The number of hydrogen-bond acceptors (Lipinski definition) is 6. The molecule has 0 bridgehead atoms. The topological polar surface area (TPSA) is 90.4 Å². The number of amides is 1. The molecule has 1 N–H and O–H groups in total. The molecule has 0 spiro atoms. The summed E-state index contributed by atoms with van der Waals surface area (Å²) in [5.74, 6) is -0.381. The highest BCUT2D eigenvalue weighted by molar-refractivity contribution is 6.32.